The Bertz CT molecular complexity index is 375. The molecule has 1 aromatic carbocycles. The van der Waals surface area contributed by atoms with E-state index < -0.39 is 0 Å². The van der Waals surface area contributed by atoms with Crippen LogP contribution in [0.3, 0.4) is 0 Å². The van der Waals surface area contributed by atoms with Crippen LogP contribution >= 0.6 is 0 Å². The van der Waals surface area contributed by atoms with Gasteiger partial charge < -0.3 is 15.4 Å². The molecular weight excluding hydrogens is 260 g/mol. The maximum absolute atomic E-state index is 5.70. The van der Waals surface area contributed by atoms with Gasteiger partial charge in [-0.25, -0.2) is 0 Å². The molecule has 0 fully saturated rings. The number of nitrogens with zero attached hydrogens (tertiary/aromatic N) is 1. The maximum Gasteiger partial charge on any atom is 0.123 e. The highest BCUT2D eigenvalue weighted by Gasteiger charge is 2.09. The molecule has 0 aliphatic heterocycles. The van der Waals surface area contributed by atoms with E-state index >= 15 is 0 Å². The third kappa shape index (κ3) is 6.96. The molecule has 120 valence electrons. The van der Waals surface area contributed by atoms with E-state index in [9.17, 15) is 0 Å². The second-order valence-corrected chi connectivity index (χ2v) is 5.92. The van der Waals surface area contributed by atoms with Gasteiger partial charge in [-0.05, 0) is 51.4 Å². The molecule has 21 heavy (non-hydrogen) atoms. The third-order valence-corrected chi connectivity index (χ3v) is 4.06. The molecule has 0 bridgehead atoms. The van der Waals surface area contributed by atoms with Gasteiger partial charge in [0, 0.05) is 12.1 Å². The lowest BCUT2D eigenvalue weighted by Crippen LogP contribution is -2.20. The van der Waals surface area contributed by atoms with Crippen molar-refractivity contribution in [2.24, 2.45) is 11.7 Å². The zero-order valence-corrected chi connectivity index (χ0v) is 14.0. The van der Waals surface area contributed by atoms with Crippen molar-refractivity contribution >= 4 is 0 Å². The summed E-state index contributed by atoms with van der Waals surface area (Å²) in [5, 5.41) is 0. The fraction of sp³-hybridized carbons (Fsp3) is 0.667. The van der Waals surface area contributed by atoms with Crippen LogP contribution in [-0.2, 0) is 6.54 Å². The maximum atomic E-state index is 5.70. The van der Waals surface area contributed by atoms with E-state index in [1.807, 2.05) is 12.1 Å². The summed E-state index contributed by atoms with van der Waals surface area (Å²) in [6.07, 6.45) is 6.29. The van der Waals surface area contributed by atoms with Crippen LogP contribution in [0.2, 0.25) is 0 Å². The first kappa shape index (κ1) is 18.0. The topological polar surface area (TPSA) is 38.5 Å². The van der Waals surface area contributed by atoms with Crippen molar-refractivity contribution < 1.29 is 4.74 Å². The summed E-state index contributed by atoms with van der Waals surface area (Å²) in [5.41, 5.74) is 6.96. The van der Waals surface area contributed by atoms with Gasteiger partial charge >= 0.3 is 0 Å². The molecule has 3 heteroatoms. The third-order valence-electron chi connectivity index (χ3n) is 4.06. The quantitative estimate of drug-likeness (QED) is 0.676. The highest BCUT2D eigenvalue weighted by atomic mass is 16.5. The van der Waals surface area contributed by atoms with E-state index in [-0.39, 0.29) is 0 Å². The van der Waals surface area contributed by atoms with E-state index in [4.69, 9.17) is 10.5 Å². The Hall–Kier alpha value is -1.06. The van der Waals surface area contributed by atoms with Crippen molar-refractivity contribution in [3.8, 4) is 5.75 Å². The minimum absolute atomic E-state index is 0.805. The van der Waals surface area contributed by atoms with Gasteiger partial charge in [0.25, 0.3) is 0 Å². The minimum atomic E-state index is 0.805. The predicted molar refractivity (Wildman–Crippen MR) is 90.6 cm³/mol. The molecule has 1 unspecified atom stereocenters. The van der Waals surface area contributed by atoms with Crippen LogP contribution in [0, 0.1) is 5.92 Å². The van der Waals surface area contributed by atoms with Crippen LogP contribution in [0.1, 0.15) is 44.6 Å². The van der Waals surface area contributed by atoms with Gasteiger partial charge in [-0.15, -0.1) is 0 Å². The van der Waals surface area contributed by atoms with Gasteiger partial charge in [0.2, 0.25) is 0 Å². The summed E-state index contributed by atoms with van der Waals surface area (Å²) < 4.78 is 5.41. The van der Waals surface area contributed by atoms with E-state index in [1.165, 1.54) is 37.7 Å². The average Bonchev–Trinajstić information content (AvgIpc) is 2.48. The molecule has 2 N–H and O–H groups in total. The lowest BCUT2D eigenvalue weighted by Gasteiger charge is -2.20. The van der Waals surface area contributed by atoms with E-state index in [0.29, 0.717) is 0 Å². The molecule has 0 saturated carbocycles. The first-order chi connectivity index (χ1) is 10.2. The highest BCUT2D eigenvalue weighted by Crippen LogP contribution is 2.20. The molecule has 0 amide bonds. The fourth-order valence-corrected chi connectivity index (χ4v) is 2.93. The van der Waals surface area contributed by atoms with Crippen LogP contribution in [-0.4, -0.2) is 32.1 Å². The molecular formula is C18H32N2O. The molecule has 3 nitrogen and oxygen atoms in total. The Kier molecular flexibility index (Phi) is 9.11. The van der Waals surface area contributed by atoms with Gasteiger partial charge in [0.05, 0.1) is 7.11 Å². The Morgan fingerprint density at radius 2 is 1.95 bits per heavy atom. The van der Waals surface area contributed by atoms with Crippen molar-refractivity contribution in [1.82, 2.24) is 4.90 Å². The van der Waals surface area contributed by atoms with E-state index in [0.717, 1.165) is 31.3 Å². The second kappa shape index (κ2) is 10.6. The minimum Gasteiger partial charge on any atom is -0.496 e. The van der Waals surface area contributed by atoms with Crippen LogP contribution in [0.4, 0.5) is 0 Å². The van der Waals surface area contributed by atoms with Crippen molar-refractivity contribution in [3.05, 3.63) is 29.8 Å². The van der Waals surface area contributed by atoms with Crippen LogP contribution in [0.15, 0.2) is 24.3 Å². The molecule has 0 aliphatic carbocycles. The van der Waals surface area contributed by atoms with Crippen LogP contribution in [0.25, 0.3) is 0 Å². The molecule has 1 aromatic rings. The van der Waals surface area contributed by atoms with Gasteiger partial charge in [0.1, 0.15) is 5.75 Å². The number of benzene rings is 1. The Morgan fingerprint density at radius 1 is 1.19 bits per heavy atom. The number of ether oxygens (including phenoxy) is 1. The molecule has 0 aromatic heterocycles. The SMILES string of the molecule is CCCC(CCN)CCCN(C)Cc1ccccc1OC. The summed E-state index contributed by atoms with van der Waals surface area (Å²) in [6.45, 7) is 5.15. The molecule has 0 radical (unpaired) electrons. The second-order valence-electron chi connectivity index (χ2n) is 5.92. The van der Waals surface area contributed by atoms with Gasteiger partial charge in [0.15, 0.2) is 0 Å². The van der Waals surface area contributed by atoms with Crippen molar-refractivity contribution in [2.45, 2.75) is 45.6 Å². The van der Waals surface area contributed by atoms with E-state index in [1.54, 1.807) is 7.11 Å². The number of hydrogen-bond acceptors (Lipinski definition) is 3. The Balaban J connectivity index is 2.34. The van der Waals surface area contributed by atoms with Crippen LogP contribution in [0.5, 0.6) is 5.75 Å². The zero-order chi connectivity index (χ0) is 15.5. The predicted octanol–water partition coefficient (Wildman–Crippen LogP) is 3.67. The lowest BCUT2D eigenvalue weighted by molar-refractivity contribution is 0.292. The zero-order valence-electron chi connectivity index (χ0n) is 14.0. The van der Waals surface area contributed by atoms with Gasteiger partial charge in [-0.3, -0.25) is 0 Å². The molecule has 0 aliphatic rings. The largest absolute Gasteiger partial charge is 0.496 e. The fourth-order valence-electron chi connectivity index (χ4n) is 2.93. The summed E-state index contributed by atoms with van der Waals surface area (Å²) in [6, 6.07) is 8.26. The lowest BCUT2D eigenvalue weighted by atomic mass is 9.94. The Labute approximate surface area is 130 Å². The molecule has 1 rings (SSSR count). The summed E-state index contributed by atoms with van der Waals surface area (Å²) in [7, 11) is 3.92. The number of methoxy groups -OCH3 is 1. The first-order valence-corrected chi connectivity index (χ1v) is 8.21. The summed E-state index contributed by atoms with van der Waals surface area (Å²) in [5.74, 6) is 1.79. The van der Waals surface area contributed by atoms with Gasteiger partial charge in [-0.1, -0.05) is 38.0 Å². The first-order valence-electron chi connectivity index (χ1n) is 8.21. The Morgan fingerprint density at radius 3 is 2.62 bits per heavy atom. The van der Waals surface area contributed by atoms with E-state index in [2.05, 4.69) is 31.0 Å². The average molecular weight is 292 g/mol. The van der Waals surface area contributed by atoms with Crippen molar-refractivity contribution in [1.29, 1.82) is 0 Å². The molecule has 0 heterocycles. The number of para-hydroxylation sites is 1. The molecule has 0 spiro atoms. The summed E-state index contributed by atoms with van der Waals surface area (Å²) >= 11 is 0. The van der Waals surface area contributed by atoms with Crippen molar-refractivity contribution in [2.75, 3.05) is 27.2 Å². The number of hydrogen-bond donors (Lipinski definition) is 1. The summed E-state index contributed by atoms with van der Waals surface area (Å²) in [4.78, 5) is 2.38. The monoisotopic (exact) mass is 292 g/mol. The van der Waals surface area contributed by atoms with Crippen LogP contribution < -0.4 is 10.5 Å². The standard InChI is InChI=1S/C18H32N2O/c1-4-8-16(12-13-19)9-7-14-20(2)15-17-10-5-6-11-18(17)21-3/h5-6,10-11,16H,4,7-9,12-15,19H2,1-3H3. The van der Waals surface area contributed by atoms with Crippen molar-refractivity contribution in [3.63, 3.8) is 0 Å². The van der Waals surface area contributed by atoms with Gasteiger partial charge in [-0.2, -0.15) is 0 Å². The molecule has 0 saturated heterocycles. The highest BCUT2D eigenvalue weighted by molar-refractivity contribution is 5.32. The number of nitrogens with two attached hydrogens (primary N) is 1. The normalized spacial score (nSPS) is 12.6. The molecule has 1 atom stereocenters. The smallest absolute Gasteiger partial charge is 0.123 e. The number of rotatable bonds is 11.